The number of hydrogen-bond donors (Lipinski definition) is 1. The normalized spacial score (nSPS) is 12.9. The highest BCUT2D eigenvalue weighted by atomic mass is 32.2. The number of benzene rings is 1. The van der Waals surface area contributed by atoms with Gasteiger partial charge in [0.05, 0.1) is 15.8 Å². The number of rotatable bonds is 5. The molecule has 1 N–H and O–H groups in total. The van der Waals surface area contributed by atoms with E-state index in [1.165, 1.54) is 6.07 Å². The van der Waals surface area contributed by atoms with E-state index in [-0.39, 0.29) is 11.8 Å². The first-order valence-corrected chi connectivity index (χ1v) is 9.08. The Balaban J connectivity index is 2.09. The fraction of sp³-hybridized carbons (Fsp3) is 0.368. The van der Waals surface area contributed by atoms with Crippen LogP contribution in [0.15, 0.2) is 41.6 Å². The number of thioether (sulfide) groups is 1. The second kappa shape index (κ2) is 8.12. The molecule has 3 nitrogen and oxygen atoms in total. The molecule has 2 rings (SSSR count). The van der Waals surface area contributed by atoms with E-state index in [1.54, 1.807) is 6.92 Å². The first kappa shape index (κ1) is 20.3. The van der Waals surface area contributed by atoms with Crippen molar-refractivity contribution in [3.05, 3.63) is 53.2 Å². The molecular weight excluding hydrogens is 361 g/mol. The van der Waals surface area contributed by atoms with Gasteiger partial charge in [0.1, 0.15) is 0 Å². The minimum atomic E-state index is -4.42. The van der Waals surface area contributed by atoms with Gasteiger partial charge in [0.15, 0.2) is 0 Å². The molecule has 1 unspecified atom stereocenters. The Morgan fingerprint density at radius 3 is 2.38 bits per heavy atom. The fourth-order valence-corrected chi connectivity index (χ4v) is 3.21. The molecule has 1 heterocycles. The molecule has 1 aromatic heterocycles. The van der Waals surface area contributed by atoms with Crippen molar-refractivity contribution in [2.24, 2.45) is 0 Å². The van der Waals surface area contributed by atoms with E-state index in [1.807, 2.05) is 25.1 Å². The number of nitrogens with zero attached hydrogens (tertiary/aromatic N) is 1. The van der Waals surface area contributed by atoms with E-state index in [0.29, 0.717) is 5.03 Å². The molecule has 0 radical (unpaired) electrons. The first-order chi connectivity index (χ1) is 12.1. The van der Waals surface area contributed by atoms with Crippen LogP contribution in [0.3, 0.4) is 0 Å². The van der Waals surface area contributed by atoms with Crippen molar-refractivity contribution in [3.8, 4) is 0 Å². The summed E-state index contributed by atoms with van der Waals surface area (Å²) in [6.07, 6.45) is -3.64. The van der Waals surface area contributed by atoms with Crippen LogP contribution in [-0.2, 0) is 11.0 Å². The third kappa shape index (κ3) is 5.00. The highest BCUT2D eigenvalue weighted by Gasteiger charge is 2.30. The number of para-hydroxylation sites is 1. The van der Waals surface area contributed by atoms with Gasteiger partial charge in [0.25, 0.3) is 0 Å². The molecule has 0 saturated carbocycles. The molecule has 0 aliphatic rings. The van der Waals surface area contributed by atoms with Crippen LogP contribution in [0.25, 0.3) is 0 Å². The van der Waals surface area contributed by atoms with Gasteiger partial charge in [-0.05, 0) is 43.0 Å². The molecule has 140 valence electrons. The summed E-state index contributed by atoms with van der Waals surface area (Å²) in [7, 11) is 0. The molecule has 0 spiro atoms. The number of alkyl halides is 3. The minimum absolute atomic E-state index is 0.215. The van der Waals surface area contributed by atoms with E-state index in [2.05, 4.69) is 24.1 Å². The second-order valence-corrected chi connectivity index (χ2v) is 7.69. The van der Waals surface area contributed by atoms with E-state index in [9.17, 15) is 18.0 Å². The summed E-state index contributed by atoms with van der Waals surface area (Å²) < 4.78 is 37.7. The molecule has 0 fully saturated rings. The summed E-state index contributed by atoms with van der Waals surface area (Å²) in [6, 6.07) is 8.10. The highest BCUT2D eigenvalue weighted by Crippen LogP contribution is 2.31. The maximum atomic E-state index is 12.6. The number of amides is 1. The highest BCUT2D eigenvalue weighted by molar-refractivity contribution is 8.00. The average molecular weight is 382 g/mol. The summed E-state index contributed by atoms with van der Waals surface area (Å²) in [6.45, 7) is 7.73. The van der Waals surface area contributed by atoms with Gasteiger partial charge in [-0.1, -0.05) is 43.8 Å². The van der Waals surface area contributed by atoms with Gasteiger partial charge in [0.2, 0.25) is 5.91 Å². The van der Waals surface area contributed by atoms with Crippen LogP contribution in [0.1, 0.15) is 43.4 Å². The summed E-state index contributed by atoms with van der Waals surface area (Å²) in [4.78, 5) is 16.3. The van der Waals surface area contributed by atoms with Crippen molar-refractivity contribution in [2.45, 2.75) is 50.1 Å². The number of halogens is 3. The Hall–Kier alpha value is -2.02. The number of carbonyl (C=O) groups is 1. The number of nitrogens with one attached hydrogen (secondary N) is 1. The average Bonchev–Trinajstić information content (AvgIpc) is 2.56. The standard InChI is InChI=1S/C19H21F3N2OS/c1-11(2)15-7-5-6-12(3)17(15)24-18(25)13(4)26-16-9-8-14(10-23-16)19(20,21)22/h5-11,13H,1-4H3,(H,24,25). The quantitative estimate of drug-likeness (QED) is 0.679. The first-order valence-electron chi connectivity index (χ1n) is 8.20. The Kier molecular flexibility index (Phi) is 6.34. The number of aromatic nitrogens is 1. The van der Waals surface area contributed by atoms with Gasteiger partial charge in [0, 0.05) is 11.9 Å². The summed E-state index contributed by atoms with van der Waals surface area (Å²) in [5, 5.41) is 2.82. The fourth-order valence-electron chi connectivity index (χ4n) is 2.42. The van der Waals surface area contributed by atoms with Crippen LogP contribution in [-0.4, -0.2) is 16.1 Å². The van der Waals surface area contributed by atoms with Crippen molar-refractivity contribution >= 4 is 23.4 Å². The number of anilines is 1. The number of aryl methyl sites for hydroxylation is 1. The Morgan fingerprint density at radius 1 is 1.15 bits per heavy atom. The topological polar surface area (TPSA) is 42.0 Å². The molecule has 2 aromatic rings. The van der Waals surface area contributed by atoms with Crippen molar-refractivity contribution in [2.75, 3.05) is 5.32 Å². The van der Waals surface area contributed by atoms with Crippen LogP contribution in [0.4, 0.5) is 18.9 Å². The lowest BCUT2D eigenvalue weighted by Crippen LogP contribution is -2.24. The van der Waals surface area contributed by atoms with Crippen molar-refractivity contribution in [1.29, 1.82) is 0 Å². The van der Waals surface area contributed by atoms with Gasteiger partial charge in [-0.15, -0.1) is 0 Å². The lowest BCUT2D eigenvalue weighted by atomic mass is 9.98. The summed E-state index contributed by atoms with van der Waals surface area (Å²) in [5.41, 5.74) is 2.00. The van der Waals surface area contributed by atoms with Gasteiger partial charge in [-0.25, -0.2) is 4.98 Å². The Bertz CT molecular complexity index is 773. The SMILES string of the molecule is Cc1cccc(C(C)C)c1NC(=O)C(C)Sc1ccc(C(F)(F)F)cn1. The van der Waals surface area contributed by atoms with E-state index >= 15 is 0 Å². The van der Waals surface area contributed by atoms with Gasteiger partial charge >= 0.3 is 6.18 Å². The van der Waals surface area contributed by atoms with Gasteiger partial charge < -0.3 is 5.32 Å². The van der Waals surface area contributed by atoms with Crippen LogP contribution < -0.4 is 5.32 Å². The van der Waals surface area contributed by atoms with Crippen LogP contribution in [0, 0.1) is 6.92 Å². The van der Waals surface area contributed by atoms with E-state index < -0.39 is 17.0 Å². The zero-order chi connectivity index (χ0) is 19.5. The lowest BCUT2D eigenvalue weighted by molar-refractivity contribution is -0.137. The van der Waals surface area contributed by atoms with E-state index in [0.717, 1.165) is 40.8 Å². The zero-order valence-electron chi connectivity index (χ0n) is 15.0. The predicted octanol–water partition coefficient (Wildman–Crippen LogP) is 5.65. The maximum absolute atomic E-state index is 12.6. The van der Waals surface area contributed by atoms with Crippen LogP contribution >= 0.6 is 11.8 Å². The largest absolute Gasteiger partial charge is 0.417 e. The van der Waals surface area contributed by atoms with Crippen molar-refractivity contribution in [1.82, 2.24) is 4.98 Å². The third-order valence-corrected chi connectivity index (χ3v) is 4.96. The van der Waals surface area contributed by atoms with Gasteiger partial charge in [-0.3, -0.25) is 4.79 Å². The summed E-state index contributed by atoms with van der Waals surface area (Å²) in [5.74, 6) is 0.0395. The number of hydrogen-bond acceptors (Lipinski definition) is 3. The van der Waals surface area contributed by atoms with Crippen molar-refractivity contribution < 1.29 is 18.0 Å². The molecule has 1 atom stereocenters. The predicted molar refractivity (Wildman–Crippen MR) is 98.5 cm³/mol. The van der Waals surface area contributed by atoms with Crippen LogP contribution in [0.2, 0.25) is 0 Å². The number of pyridine rings is 1. The Morgan fingerprint density at radius 2 is 1.85 bits per heavy atom. The molecule has 0 aliphatic carbocycles. The lowest BCUT2D eigenvalue weighted by Gasteiger charge is -2.18. The second-order valence-electron chi connectivity index (χ2n) is 6.33. The molecule has 26 heavy (non-hydrogen) atoms. The molecule has 0 bridgehead atoms. The molecule has 1 amide bonds. The molecule has 7 heteroatoms. The zero-order valence-corrected chi connectivity index (χ0v) is 15.8. The minimum Gasteiger partial charge on any atom is -0.325 e. The monoisotopic (exact) mass is 382 g/mol. The molecule has 1 aromatic carbocycles. The van der Waals surface area contributed by atoms with Crippen LogP contribution in [0.5, 0.6) is 0 Å². The third-order valence-electron chi connectivity index (χ3n) is 3.91. The maximum Gasteiger partial charge on any atom is 0.417 e. The van der Waals surface area contributed by atoms with E-state index in [4.69, 9.17) is 0 Å². The smallest absolute Gasteiger partial charge is 0.325 e. The van der Waals surface area contributed by atoms with Crippen molar-refractivity contribution in [3.63, 3.8) is 0 Å². The molecule has 0 saturated heterocycles. The Labute approximate surface area is 155 Å². The molecular formula is C19H21F3N2OS. The van der Waals surface area contributed by atoms with Gasteiger partial charge in [-0.2, -0.15) is 13.2 Å². The summed E-state index contributed by atoms with van der Waals surface area (Å²) >= 11 is 1.12. The molecule has 0 aliphatic heterocycles. The number of carbonyl (C=O) groups excluding carboxylic acids is 1.